The average molecular weight is 939 g/mol. The molecule has 358 valence electrons. The summed E-state index contributed by atoms with van der Waals surface area (Å²) in [5.41, 5.74) is 17.5. The second-order valence-electron chi connectivity index (χ2n) is 17.6. The molecule has 67 heavy (non-hydrogen) atoms. The molecule has 3 amide bonds. The first-order chi connectivity index (χ1) is 32.2. The molecule has 5 rings (SSSR count). The predicted octanol–water partition coefficient (Wildman–Crippen LogP) is 4.91. The lowest BCUT2D eigenvalue weighted by Gasteiger charge is -2.26. The fourth-order valence-corrected chi connectivity index (χ4v) is 7.84. The van der Waals surface area contributed by atoms with Crippen molar-refractivity contribution in [2.24, 2.45) is 23.3 Å². The first-order valence-electron chi connectivity index (χ1n) is 23.3. The Labute approximate surface area is 398 Å². The van der Waals surface area contributed by atoms with E-state index in [1.54, 1.807) is 24.3 Å². The standard InChI is InChI=1S/C52H66ClN7O7/c1-33(2)26-29-65-44-24-20-36-12-5-7-14-39(36)47(44)48-40-15-8-6-13-37(40)21-25-45(48)66-32-46(61)58-41(16-9-10-27-54)49(62)59-42(17-11-28-57-52(55)56)50(63)60-43(30-34(3)4)51(64)67-31-35-18-22-38(53)23-19-35/h5-8,12-15,18-25,33-34,41-43H,9-11,16-17,26-32,54H2,1-4H3,(H,58,61)(H,59,62)(H,60,63)(H4,55,56,57)/p+2/t41-,42-,43+/m1/s1. The molecule has 0 bridgehead atoms. The molecule has 0 aliphatic rings. The number of hydrogen-bond acceptors (Lipinski definition) is 7. The molecule has 0 heterocycles. The van der Waals surface area contributed by atoms with Crippen LogP contribution in [0.4, 0.5) is 0 Å². The maximum atomic E-state index is 14.2. The van der Waals surface area contributed by atoms with E-state index in [4.69, 9.17) is 37.3 Å². The first kappa shape index (κ1) is 51.6. The molecule has 0 unspecified atom stereocenters. The van der Waals surface area contributed by atoms with E-state index in [0.29, 0.717) is 67.8 Å². The third-order valence-corrected chi connectivity index (χ3v) is 11.5. The van der Waals surface area contributed by atoms with Crippen molar-refractivity contribution in [2.45, 2.75) is 97.4 Å². The molecule has 0 aliphatic heterocycles. The van der Waals surface area contributed by atoms with Gasteiger partial charge in [-0.15, -0.1) is 0 Å². The third kappa shape index (κ3) is 15.9. The number of halogens is 1. The van der Waals surface area contributed by atoms with Crippen LogP contribution in [0.25, 0.3) is 32.7 Å². The van der Waals surface area contributed by atoms with E-state index in [9.17, 15) is 19.2 Å². The Morgan fingerprint density at radius 2 is 1.22 bits per heavy atom. The number of carbonyl (C=O) groups is 4. The SMILES string of the molecule is CC(C)CCOc1ccc2ccccc2c1-c1c(OCC(=O)N[C@H](CCCC[NH3+])C(=O)N[C@H](CCC[NH+]=C(N)N)C(=O)N[C@@H](CC(C)C)C(=O)OCc2ccc(Cl)cc2)ccc2ccccc12. The van der Waals surface area contributed by atoms with E-state index < -0.39 is 48.4 Å². The highest BCUT2D eigenvalue weighted by Crippen LogP contribution is 2.45. The van der Waals surface area contributed by atoms with Crippen molar-refractivity contribution in [1.29, 1.82) is 0 Å². The maximum absolute atomic E-state index is 14.2. The van der Waals surface area contributed by atoms with Crippen LogP contribution in [-0.2, 0) is 30.5 Å². The van der Waals surface area contributed by atoms with Gasteiger partial charge in [-0.3, -0.25) is 30.8 Å². The summed E-state index contributed by atoms with van der Waals surface area (Å²) in [6, 6.07) is 27.8. The van der Waals surface area contributed by atoms with Crippen LogP contribution in [0.5, 0.6) is 11.5 Å². The molecule has 15 heteroatoms. The number of rotatable bonds is 26. The monoisotopic (exact) mass is 937 g/mol. The molecule has 3 atom stereocenters. The van der Waals surface area contributed by atoms with Crippen LogP contribution in [0.1, 0.15) is 78.2 Å². The highest BCUT2D eigenvalue weighted by molar-refractivity contribution is 6.30. The summed E-state index contributed by atoms with van der Waals surface area (Å²) < 4.78 is 18.5. The van der Waals surface area contributed by atoms with Gasteiger partial charge in [0.05, 0.1) is 19.7 Å². The van der Waals surface area contributed by atoms with Gasteiger partial charge in [-0.2, -0.15) is 0 Å². The molecule has 0 aromatic heterocycles. The Morgan fingerprint density at radius 1 is 0.657 bits per heavy atom. The number of ether oxygens (including phenoxy) is 3. The average Bonchev–Trinajstić information content (AvgIpc) is 3.30. The second-order valence-corrected chi connectivity index (χ2v) is 18.1. The number of nitrogens with one attached hydrogen (secondary N) is 4. The van der Waals surface area contributed by atoms with Gasteiger partial charge in [0.2, 0.25) is 11.8 Å². The molecular weight excluding hydrogens is 870 g/mol. The molecule has 5 aromatic carbocycles. The maximum Gasteiger partial charge on any atom is 0.338 e. The number of hydrogen-bond donors (Lipinski definition) is 7. The van der Waals surface area contributed by atoms with Crippen molar-refractivity contribution in [3.05, 3.63) is 108 Å². The summed E-state index contributed by atoms with van der Waals surface area (Å²) >= 11 is 6.02. The zero-order valence-electron chi connectivity index (χ0n) is 39.2. The molecule has 0 fully saturated rings. The lowest BCUT2D eigenvalue weighted by molar-refractivity contribution is -0.459. The zero-order chi connectivity index (χ0) is 48.3. The van der Waals surface area contributed by atoms with Gasteiger partial charge in [0.25, 0.3) is 5.91 Å². The van der Waals surface area contributed by atoms with Crippen molar-refractivity contribution in [1.82, 2.24) is 16.0 Å². The number of benzene rings is 5. The smallest absolute Gasteiger partial charge is 0.338 e. The molecule has 0 aliphatic carbocycles. The van der Waals surface area contributed by atoms with Crippen LogP contribution in [0.2, 0.25) is 5.02 Å². The zero-order valence-corrected chi connectivity index (χ0v) is 40.0. The van der Waals surface area contributed by atoms with Crippen LogP contribution >= 0.6 is 11.6 Å². The molecule has 5 aromatic rings. The summed E-state index contributed by atoms with van der Waals surface area (Å²) in [4.78, 5) is 58.5. The lowest BCUT2D eigenvalue weighted by atomic mass is 9.92. The van der Waals surface area contributed by atoms with Gasteiger partial charge in [0.15, 0.2) is 6.61 Å². The predicted molar refractivity (Wildman–Crippen MR) is 264 cm³/mol. The number of esters is 1. The Bertz CT molecular complexity index is 2460. The molecular formula is C52H68ClN7O7+2. The van der Waals surface area contributed by atoms with Gasteiger partial charge in [-0.05, 0) is 108 Å². The van der Waals surface area contributed by atoms with E-state index in [2.05, 4.69) is 52.7 Å². The van der Waals surface area contributed by atoms with Crippen molar-refractivity contribution < 1.29 is 44.1 Å². The summed E-state index contributed by atoms with van der Waals surface area (Å²) in [6.07, 6.45) is 3.29. The van der Waals surface area contributed by atoms with Gasteiger partial charge in [-0.25, -0.2) is 4.79 Å². The van der Waals surface area contributed by atoms with Crippen molar-refractivity contribution in [2.75, 3.05) is 26.3 Å². The van der Waals surface area contributed by atoms with Crippen LogP contribution in [0.15, 0.2) is 97.1 Å². The van der Waals surface area contributed by atoms with Crippen molar-refractivity contribution in [3.8, 4) is 22.6 Å². The molecule has 11 N–H and O–H groups in total. The summed E-state index contributed by atoms with van der Waals surface area (Å²) in [5, 5.41) is 13.1. The normalized spacial score (nSPS) is 12.6. The minimum Gasteiger partial charge on any atom is -0.493 e. The summed E-state index contributed by atoms with van der Waals surface area (Å²) in [6.45, 7) is 9.24. The van der Waals surface area contributed by atoms with E-state index in [1.165, 1.54) is 0 Å². The van der Waals surface area contributed by atoms with Gasteiger partial charge in [0, 0.05) is 16.1 Å². The molecule has 14 nitrogen and oxygen atoms in total. The Morgan fingerprint density at radius 3 is 1.81 bits per heavy atom. The van der Waals surface area contributed by atoms with E-state index in [-0.39, 0.29) is 31.3 Å². The molecule has 0 saturated carbocycles. The van der Waals surface area contributed by atoms with Crippen LogP contribution < -0.4 is 47.6 Å². The largest absolute Gasteiger partial charge is 0.493 e. The Kier molecular flexibility index (Phi) is 20.1. The van der Waals surface area contributed by atoms with Gasteiger partial charge in [0.1, 0.15) is 36.2 Å². The number of unbranched alkanes of at least 4 members (excludes halogenated alkanes) is 1. The number of quaternary nitrogens is 1. The van der Waals surface area contributed by atoms with Gasteiger partial charge in [-0.1, -0.05) is 112 Å². The molecule has 0 spiro atoms. The number of guanidine groups is 1. The third-order valence-electron chi connectivity index (χ3n) is 11.2. The van der Waals surface area contributed by atoms with Crippen LogP contribution in [-0.4, -0.2) is 74.1 Å². The summed E-state index contributed by atoms with van der Waals surface area (Å²) in [7, 11) is 0. The number of fused-ring (bicyclic) bond motifs is 2. The van der Waals surface area contributed by atoms with E-state index in [1.807, 2.05) is 74.5 Å². The molecule has 0 radical (unpaired) electrons. The summed E-state index contributed by atoms with van der Waals surface area (Å²) in [5.74, 6) is -0.618. The highest BCUT2D eigenvalue weighted by Gasteiger charge is 2.31. The van der Waals surface area contributed by atoms with Crippen molar-refractivity contribution in [3.63, 3.8) is 0 Å². The number of nitrogens with two attached hydrogens (primary N) is 2. The van der Waals surface area contributed by atoms with Crippen molar-refractivity contribution >= 4 is 62.8 Å². The van der Waals surface area contributed by atoms with E-state index >= 15 is 0 Å². The highest BCUT2D eigenvalue weighted by atomic mass is 35.5. The fraction of sp³-hybridized carbons (Fsp3) is 0.404. The Balaban J connectivity index is 1.37. The van der Waals surface area contributed by atoms with Gasteiger partial charge >= 0.3 is 11.9 Å². The topological polar surface area (TPSA) is 226 Å². The lowest BCUT2D eigenvalue weighted by Crippen LogP contribution is -2.78. The van der Waals surface area contributed by atoms with E-state index in [0.717, 1.165) is 44.7 Å². The number of carbonyl (C=O) groups excluding carboxylic acids is 4. The Hall–Kier alpha value is -6.38. The number of amides is 3. The fourth-order valence-electron chi connectivity index (χ4n) is 7.71. The van der Waals surface area contributed by atoms with Crippen LogP contribution in [0.3, 0.4) is 0 Å². The molecule has 0 saturated heterocycles. The second kappa shape index (κ2) is 26.1. The quantitative estimate of drug-likeness (QED) is 0.0173. The minimum absolute atomic E-state index is 0.0130. The minimum atomic E-state index is -1.09. The first-order valence-corrected chi connectivity index (χ1v) is 23.6. The van der Waals surface area contributed by atoms with Crippen LogP contribution in [0, 0.1) is 11.8 Å². The van der Waals surface area contributed by atoms with Gasteiger partial charge < -0.3 is 35.9 Å².